The molecule has 2 aromatic carbocycles. The van der Waals surface area contributed by atoms with Gasteiger partial charge in [0.1, 0.15) is 18.1 Å². The number of carbonyl (C=O) groups excluding carboxylic acids is 1. The molecule has 2 heterocycles. The Bertz CT molecular complexity index is 1160. The highest BCUT2D eigenvalue weighted by Gasteiger charge is 2.35. The van der Waals surface area contributed by atoms with Gasteiger partial charge in [-0.15, -0.1) is 0 Å². The summed E-state index contributed by atoms with van der Waals surface area (Å²) in [6.07, 6.45) is -0.315. The molecule has 1 amide bonds. The van der Waals surface area contributed by atoms with Gasteiger partial charge in [-0.3, -0.25) is 9.36 Å². The van der Waals surface area contributed by atoms with Gasteiger partial charge in [-0.2, -0.15) is 4.98 Å². The van der Waals surface area contributed by atoms with Gasteiger partial charge in [0, 0.05) is 30.3 Å². The first kappa shape index (κ1) is 21.0. The van der Waals surface area contributed by atoms with Crippen molar-refractivity contribution in [1.82, 2.24) is 9.55 Å². The summed E-state index contributed by atoms with van der Waals surface area (Å²) in [5, 5.41) is 24.1. The number of carbonyl (C=O) groups is 1. The summed E-state index contributed by atoms with van der Waals surface area (Å²) in [4.78, 5) is 28.5. The number of amides is 1. The fourth-order valence-electron chi connectivity index (χ4n) is 3.71. The lowest BCUT2D eigenvalue weighted by Crippen LogP contribution is -2.29. The lowest BCUT2D eigenvalue weighted by Gasteiger charge is -2.16. The molecule has 3 atom stereocenters. The van der Waals surface area contributed by atoms with Crippen LogP contribution < -0.4 is 16.7 Å². The topological polar surface area (TPSA) is 140 Å². The van der Waals surface area contributed by atoms with Gasteiger partial charge >= 0.3 is 5.69 Å². The highest BCUT2D eigenvalue weighted by atomic mass is 16.5. The van der Waals surface area contributed by atoms with E-state index in [0.717, 1.165) is 10.8 Å². The number of nitrogens with zero attached hydrogens (tertiary/aromatic N) is 2. The summed E-state index contributed by atoms with van der Waals surface area (Å²) in [6, 6.07) is 13.6. The first-order chi connectivity index (χ1) is 14.9. The molecule has 0 aliphatic carbocycles. The maximum absolute atomic E-state index is 12.4. The van der Waals surface area contributed by atoms with E-state index in [9.17, 15) is 19.8 Å². The van der Waals surface area contributed by atoms with Gasteiger partial charge in [0.05, 0.1) is 12.7 Å². The number of nitrogens with two attached hydrogens (primary N) is 1. The fraction of sp³-hybridized carbons (Fsp3) is 0.318. The van der Waals surface area contributed by atoms with E-state index >= 15 is 0 Å². The fourth-order valence-corrected chi connectivity index (χ4v) is 3.71. The molecule has 0 saturated carbocycles. The standard InChI is InChI=1S/C22H24N4O5/c23-21-15(11-26(22(30)25-21)20-10-17(28)18(12-27)31-20)6-8-19(29)24-16-7-5-13-3-1-2-4-14(13)9-16/h1-5,7,9,11,17-18,20,27-28H,6,8,10,12H2,(H,24,29)(H2,23,25,30)/t17?,18-,20-/m1/s1. The van der Waals surface area contributed by atoms with Crippen molar-refractivity contribution in [2.24, 2.45) is 0 Å². The molecule has 1 aliphatic rings. The van der Waals surface area contributed by atoms with E-state index in [-0.39, 0.29) is 37.6 Å². The number of hydrogen-bond donors (Lipinski definition) is 4. The molecule has 1 saturated heterocycles. The number of aromatic nitrogens is 2. The number of fused-ring (bicyclic) bond motifs is 1. The Balaban J connectivity index is 1.44. The van der Waals surface area contributed by atoms with Crippen LogP contribution in [0.5, 0.6) is 0 Å². The van der Waals surface area contributed by atoms with Gasteiger partial charge in [-0.05, 0) is 29.3 Å². The Morgan fingerprint density at radius 1 is 1.26 bits per heavy atom. The van der Waals surface area contributed by atoms with E-state index in [1.807, 2.05) is 42.5 Å². The van der Waals surface area contributed by atoms with E-state index < -0.39 is 24.1 Å². The molecule has 0 bridgehead atoms. The summed E-state index contributed by atoms with van der Waals surface area (Å²) in [6.45, 7) is -0.351. The van der Waals surface area contributed by atoms with Crippen molar-refractivity contribution >= 4 is 28.2 Å². The number of aliphatic hydroxyl groups is 2. The Labute approximate surface area is 178 Å². The van der Waals surface area contributed by atoms with Crippen LogP contribution in [0.3, 0.4) is 0 Å². The summed E-state index contributed by atoms with van der Waals surface area (Å²) in [7, 11) is 0. The molecule has 9 heteroatoms. The van der Waals surface area contributed by atoms with Crippen molar-refractivity contribution in [3.63, 3.8) is 0 Å². The van der Waals surface area contributed by atoms with Crippen LogP contribution in [0.25, 0.3) is 10.8 Å². The quantitative estimate of drug-likeness (QED) is 0.466. The molecule has 0 spiro atoms. The largest absolute Gasteiger partial charge is 0.394 e. The van der Waals surface area contributed by atoms with Crippen LogP contribution in [0, 0.1) is 0 Å². The third kappa shape index (κ3) is 4.58. The minimum atomic E-state index is -0.879. The zero-order valence-corrected chi connectivity index (χ0v) is 16.8. The van der Waals surface area contributed by atoms with E-state index in [1.54, 1.807) is 0 Å². The van der Waals surface area contributed by atoms with Crippen LogP contribution in [0.2, 0.25) is 0 Å². The minimum Gasteiger partial charge on any atom is -0.394 e. The molecule has 1 aromatic heterocycles. The second kappa shape index (κ2) is 8.84. The van der Waals surface area contributed by atoms with Gasteiger partial charge < -0.3 is 26.0 Å². The third-order valence-corrected chi connectivity index (χ3v) is 5.41. The zero-order chi connectivity index (χ0) is 22.0. The van der Waals surface area contributed by atoms with Gasteiger partial charge in [0.15, 0.2) is 0 Å². The number of rotatable bonds is 6. The molecule has 162 valence electrons. The molecule has 3 aromatic rings. The first-order valence-corrected chi connectivity index (χ1v) is 10.0. The third-order valence-electron chi connectivity index (χ3n) is 5.41. The van der Waals surface area contributed by atoms with Crippen molar-refractivity contribution in [2.45, 2.75) is 37.7 Å². The Hall–Kier alpha value is -3.27. The Morgan fingerprint density at radius 3 is 2.77 bits per heavy atom. The van der Waals surface area contributed by atoms with E-state index in [1.165, 1.54) is 10.8 Å². The summed E-state index contributed by atoms with van der Waals surface area (Å²) >= 11 is 0. The predicted octanol–water partition coefficient (Wildman–Crippen LogP) is 1.19. The Kier molecular flexibility index (Phi) is 5.99. The lowest BCUT2D eigenvalue weighted by atomic mass is 10.1. The van der Waals surface area contributed by atoms with Crippen LogP contribution >= 0.6 is 0 Å². The van der Waals surface area contributed by atoms with Crippen LogP contribution in [0.1, 0.15) is 24.6 Å². The smallest absolute Gasteiger partial charge is 0.351 e. The van der Waals surface area contributed by atoms with Crippen molar-refractivity contribution in [3.05, 3.63) is 64.7 Å². The number of anilines is 2. The van der Waals surface area contributed by atoms with Gasteiger partial charge in [0.2, 0.25) is 5.91 Å². The Morgan fingerprint density at radius 2 is 2.03 bits per heavy atom. The maximum atomic E-state index is 12.4. The molecule has 4 rings (SSSR count). The van der Waals surface area contributed by atoms with Gasteiger partial charge in [0.25, 0.3) is 0 Å². The molecule has 1 unspecified atom stereocenters. The lowest BCUT2D eigenvalue weighted by molar-refractivity contribution is -0.116. The molecule has 1 fully saturated rings. The molecule has 0 radical (unpaired) electrons. The van der Waals surface area contributed by atoms with Crippen molar-refractivity contribution in [3.8, 4) is 0 Å². The van der Waals surface area contributed by atoms with E-state index in [0.29, 0.717) is 11.3 Å². The number of ether oxygens (including phenoxy) is 1. The highest BCUT2D eigenvalue weighted by molar-refractivity contribution is 5.94. The monoisotopic (exact) mass is 424 g/mol. The average molecular weight is 424 g/mol. The second-order valence-electron chi connectivity index (χ2n) is 7.57. The molecule has 31 heavy (non-hydrogen) atoms. The second-order valence-corrected chi connectivity index (χ2v) is 7.57. The van der Waals surface area contributed by atoms with Crippen LogP contribution in [0.15, 0.2) is 53.5 Å². The first-order valence-electron chi connectivity index (χ1n) is 10.0. The normalized spacial score (nSPS) is 20.8. The van der Waals surface area contributed by atoms with E-state index in [2.05, 4.69) is 10.3 Å². The van der Waals surface area contributed by atoms with Crippen LogP contribution in [-0.4, -0.2) is 44.5 Å². The minimum absolute atomic E-state index is 0.0528. The summed E-state index contributed by atoms with van der Waals surface area (Å²) < 4.78 is 6.77. The van der Waals surface area contributed by atoms with Gasteiger partial charge in [-0.25, -0.2) is 4.79 Å². The summed E-state index contributed by atoms with van der Waals surface area (Å²) in [5.74, 6) is -0.141. The molecular formula is C22H24N4O5. The van der Waals surface area contributed by atoms with E-state index in [4.69, 9.17) is 10.5 Å². The highest BCUT2D eigenvalue weighted by Crippen LogP contribution is 2.28. The number of aliphatic hydroxyl groups excluding tert-OH is 2. The average Bonchev–Trinajstić information content (AvgIpc) is 3.13. The van der Waals surface area contributed by atoms with Gasteiger partial charge in [-0.1, -0.05) is 30.3 Å². The molecule has 5 N–H and O–H groups in total. The van der Waals surface area contributed by atoms with Crippen molar-refractivity contribution in [2.75, 3.05) is 17.7 Å². The number of nitrogen functional groups attached to an aromatic ring is 1. The zero-order valence-electron chi connectivity index (χ0n) is 16.8. The number of aryl methyl sites for hydroxylation is 1. The number of hydrogen-bond acceptors (Lipinski definition) is 7. The van der Waals surface area contributed by atoms with Crippen LogP contribution in [-0.2, 0) is 16.0 Å². The number of nitrogens with one attached hydrogen (secondary N) is 1. The molecular weight excluding hydrogens is 400 g/mol. The number of benzene rings is 2. The SMILES string of the molecule is Nc1nc(=O)n([C@H]2CC(O)[C@@H](CO)O2)cc1CCC(=O)Nc1ccc2ccccc2c1. The molecule has 9 nitrogen and oxygen atoms in total. The van der Waals surface area contributed by atoms with Crippen molar-refractivity contribution < 1.29 is 19.7 Å². The van der Waals surface area contributed by atoms with Crippen LogP contribution in [0.4, 0.5) is 11.5 Å². The molecule has 1 aliphatic heterocycles. The van der Waals surface area contributed by atoms with Crippen molar-refractivity contribution in [1.29, 1.82) is 0 Å². The predicted molar refractivity (Wildman–Crippen MR) is 115 cm³/mol. The summed E-state index contributed by atoms with van der Waals surface area (Å²) in [5.41, 5.74) is 6.50. The maximum Gasteiger partial charge on any atom is 0.351 e.